The van der Waals surface area contributed by atoms with Crippen molar-refractivity contribution in [2.75, 3.05) is 22.7 Å². The van der Waals surface area contributed by atoms with Crippen molar-refractivity contribution in [3.63, 3.8) is 0 Å². The maximum Gasteiger partial charge on any atom is 0.235 e. The normalized spacial score (nSPS) is 17.1. The van der Waals surface area contributed by atoms with Crippen molar-refractivity contribution in [1.29, 1.82) is 0 Å². The van der Waals surface area contributed by atoms with E-state index < -0.39 is 15.3 Å². The van der Waals surface area contributed by atoms with Crippen LogP contribution in [-0.2, 0) is 10.0 Å². The lowest BCUT2D eigenvalue weighted by molar-refractivity contribution is 0.593. The molecule has 2 rings (SSSR count). The van der Waals surface area contributed by atoms with E-state index in [1.54, 1.807) is 13.8 Å². The minimum absolute atomic E-state index is 0.423. The maximum atomic E-state index is 11.8. The van der Waals surface area contributed by atoms with Gasteiger partial charge in [0.2, 0.25) is 10.0 Å². The fourth-order valence-electron chi connectivity index (χ4n) is 2.35. The number of nitrogens with zero attached hydrogens (tertiary/aromatic N) is 1. The second-order valence-corrected chi connectivity index (χ2v) is 7.88. The Morgan fingerprint density at radius 2 is 1.55 bits per heavy atom. The van der Waals surface area contributed by atoms with E-state index in [1.807, 2.05) is 24.3 Å². The van der Waals surface area contributed by atoms with Crippen molar-refractivity contribution < 1.29 is 8.42 Å². The van der Waals surface area contributed by atoms with Gasteiger partial charge in [-0.15, -0.1) is 0 Å². The van der Waals surface area contributed by atoms with Crippen LogP contribution >= 0.6 is 0 Å². The quantitative estimate of drug-likeness (QED) is 0.928. The van der Waals surface area contributed by atoms with Crippen LogP contribution in [0.1, 0.15) is 39.5 Å². The van der Waals surface area contributed by atoms with Gasteiger partial charge in [-0.05, 0) is 51.0 Å². The van der Waals surface area contributed by atoms with E-state index in [4.69, 9.17) is 0 Å². The molecule has 4 nitrogen and oxygen atoms in total. The molecule has 20 heavy (non-hydrogen) atoms. The molecule has 112 valence electrons. The van der Waals surface area contributed by atoms with Gasteiger partial charge in [0.25, 0.3) is 0 Å². The van der Waals surface area contributed by atoms with Gasteiger partial charge in [-0.25, -0.2) is 8.42 Å². The van der Waals surface area contributed by atoms with Crippen LogP contribution in [0.4, 0.5) is 11.4 Å². The average molecular weight is 296 g/mol. The summed E-state index contributed by atoms with van der Waals surface area (Å²) in [5, 5.41) is -0.423. The van der Waals surface area contributed by atoms with Crippen molar-refractivity contribution in [2.24, 2.45) is 0 Å². The van der Waals surface area contributed by atoms with E-state index in [1.165, 1.54) is 31.4 Å². The summed E-state index contributed by atoms with van der Waals surface area (Å²) in [6.07, 6.45) is 5.09. The Balaban J connectivity index is 2.06. The van der Waals surface area contributed by atoms with Gasteiger partial charge in [-0.1, -0.05) is 12.8 Å². The minimum atomic E-state index is -3.26. The lowest BCUT2D eigenvalue weighted by atomic mass is 10.2. The molecule has 1 aliphatic rings. The summed E-state index contributed by atoms with van der Waals surface area (Å²) in [5.74, 6) is 0. The summed E-state index contributed by atoms with van der Waals surface area (Å²) >= 11 is 0. The molecule has 0 radical (unpaired) electrons. The van der Waals surface area contributed by atoms with Crippen molar-refractivity contribution in [2.45, 2.75) is 44.8 Å². The fourth-order valence-corrected chi connectivity index (χ4v) is 3.05. The molecule has 1 fully saturated rings. The molecule has 0 aromatic heterocycles. The van der Waals surface area contributed by atoms with E-state index in [2.05, 4.69) is 9.62 Å². The summed E-state index contributed by atoms with van der Waals surface area (Å²) in [6.45, 7) is 5.54. The number of nitrogens with one attached hydrogen (secondary N) is 1. The minimum Gasteiger partial charge on any atom is -0.372 e. The molecule has 1 N–H and O–H groups in total. The topological polar surface area (TPSA) is 49.4 Å². The zero-order valence-corrected chi connectivity index (χ0v) is 13.1. The van der Waals surface area contributed by atoms with Gasteiger partial charge in [0.15, 0.2) is 0 Å². The molecule has 0 bridgehead atoms. The van der Waals surface area contributed by atoms with Crippen LogP contribution in [0.25, 0.3) is 0 Å². The van der Waals surface area contributed by atoms with E-state index in [-0.39, 0.29) is 0 Å². The summed E-state index contributed by atoms with van der Waals surface area (Å²) in [5.41, 5.74) is 1.82. The zero-order chi connectivity index (χ0) is 14.6. The molecule has 0 unspecified atom stereocenters. The summed E-state index contributed by atoms with van der Waals surface area (Å²) < 4.78 is 26.2. The average Bonchev–Trinajstić information content (AvgIpc) is 2.68. The van der Waals surface area contributed by atoms with Crippen LogP contribution in [0.5, 0.6) is 0 Å². The van der Waals surface area contributed by atoms with Crippen LogP contribution < -0.4 is 9.62 Å². The Hall–Kier alpha value is -1.23. The van der Waals surface area contributed by atoms with Crippen LogP contribution in [0, 0.1) is 0 Å². The number of hydrogen-bond donors (Lipinski definition) is 1. The SMILES string of the molecule is CC(C)S(=O)(=O)Nc1ccc(N2CCCCCC2)cc1. The van der Waals surface area contributed by atoms with E-state index in [9.17, 15) is 8.42 Å². The lowest BCUT2D eigenvalue weighted by Gasteiger charge is -2.23. The first-order valence-electron chi connectivity index (χ1n) is 7.36. The van der Waals surface area contributed by atoms with Gasteiger partial charge in [-0.2, -0.15) is 0 Å². The van der Waals surface area contributed by atoms with E-state index >= 15 is 0 Å². The van der Waals surface area contributed by atoms with Crippen molar-refractivity contribution in [3.8, 4) is 0 Å². The molecule has 0 spiro atoms. The molecule has 0 saturated carbocycles. The monoisotopic (exact) mass is 296 g/mol. The van der Waals surface area contributed by atoms with Crippen molar-refractivity contribution in [3.05, 3.63) is 24.3 Å². The fraction of sp³-hybridized carbons (Fsp3) is 0.600. The molecule has 5 heteroatoms. The van der Waals surface area contributed by atoms with Gasteiger partial charge < -0.3 is 4.90 Å². The summed E-state index contributed by atoms with van der Waals surface area (Å²) in [4.78, 5) is 2.38. The number of hydrogen-bond acceptors (Lipinski definition) is 3. The number of rotatable bonds is 4. The van der Waals surface area contributed by atoms with Gasteiger partial charge in [0.1, 0.15) is 0 Å². The molecule has 0 amide bonds. The Morgan fingerprint density at radius 3 is 2.05 bits per heavy atom. The number of benzene rings is 1. The van der Waals surface area contributed by atoms with E-state index in [0.717, 1.165) is 13.1 Å². The van der Waals surface area contributed by atoms with Crippen LogP contribution in [-0.4, -0.2) is 26.8 Å². The number of sulfonamides is 1. The first-order chi connectivity index (χ1) is 9.49. The predicted molar refractivity (Wildman–Crippen MR) is 84.8 cm³/mol. The third kappa shape index (κ3) is 3.88. The van der Waals surface area contributed by atoms with Gasteiger partial charge >= 0.3 is 0 Å². The van der Waals surface area contributed by atoms with Crippen LogP contribution in [0.15, 0.2) is 24.3 Å². The largest absolute Gasteiger partial charge is 0.372 e. The molecule has 1 aliphatic heterocycles. The molecule has 1 aromatic rings. The Morgan fingerprint density at radius 1 is 1.00 bits per heavy atom. The summed E-state index contributed by atoms with van der Waals surface area (Å²) in [7, 11) is -3.26. The zero-order valence-electron chi connectivity index (χ0n) is 12.3. The molecule has 1 aromatic carbocycles. The second kappa shape index (κ2) is 6.48. The maximum absolute atomic E-state index is 11.8. The highest BCUT2D eigenvalue weighted by molar-refractivity contribution is 7.93. The Labute approximate surface area is 122 Å². The van der Waals surface area contributed by atoms with Crippen LogP contribution in [0.2, 0.25) is 0 Å². The lowest BCUT2D eigenvalue weighted by Crippen LogP contribution is -2.24. The van der Waals surface area contributed by atoms with Crippen molar-refractivity contribution >= 4 is 21.4 Å². The standard InChI is InChI=1S/C15H24N2O2S/c1-13(2)20(18,19)16-14-7-9-15(10-8-14)17-11-5-3-4-6-12-17/h7-10,13,16H,3-6,11-12H2,1-2H3. The van der Waals surface area contributed by atoms with Gasteiger partial charge in [-0.3, -0.25) is 4.72 Å². The second-order valence-electron chi connectivity index (χ2n) is 5.64. The molecule has 1 heterocycles. The van der Waals surface area contributed by atoms with Crippen molar-refractivity contribution in [1.82, 2.24) is 0 Å². The van der Waals surface area contributed by atoms with Crippen LogP contribution in [0.3, 0.4) is 0 Å². The molecule has 0 aliphatic carbocycles. The highest BCUT2D eigenvalue weighted by atomic mass is 32.2. The Kier molecular flexibility index (Phi) is 4.91. The highest BCUT2D eigenvalue weighted by Gasteiger charge is 2.16. The van der Waals surface area contributed by atoms with Gasteiger partial charge in [0.05, 0.1) is 5.25 Å². The van der Waals surface area contributed by atoms with Gasteiger partial charge in [0, 0.05) is 24.5 Å². The van der Waals surface area contributed by atoms with E-state index in [0.29, 0.717) is 5.69 Å². The predicted octanol–water partition coefficient (Wildman–Crippen LogP) is 3.22. The Bertz CT molecular complexity index is 515. The smallest absolute Gasteiger partial charge is 0.235 e. The first kappa shape index (κ1) is 15.2. The first-order valence-corrected chi connectivity index (χ1v) is 8.90. The highest BCUT2D eigenvalue weighted by Crippen LogP contribution is 2.22. The third-order valence-corrected chi connectivity index (χ3v) is 5.48. The third-order valence-electron chi connectivity index (χ3n) is 3.72. The number of anilines is 2. The summed E-state index contributed by atoms with van der Waals surface area (Å²) in [6, 6.07) is 7.70. The molecule has 1 saturated heterocycles. The molecule has 0 atom stereocenters. The molecular formula is C15H24N2O2S. The molecular weight excluding hydrogens is 272 g/mol.